The van der Waals surface area contributed by atoms with Crippen molar-refractivity contribution in [2.45, 2.75) is 12.8 Å². The SMILES string of the molecule is COc1ccccc1OCC(=O)N1CCC[C@H](C(=O)c2ccccc2)C1. The quantitative estimate of drug-likeness (QED) is 0.749. The first kappa shape index (κ1) is 18.0. The molecule has 0 N–H and O–H groups in total. The van der Waals surface area contributed by atoms with Crippen LogP contribution in [-0.2, 0) is 4.79 Å². The van der Waals surface area contributed by atoms with Crippen molar-refractivity contribution < 1.29 is 19.1 Å². The monoisotopic (exact) mass is 353 g/mol. The highest BCUT2D eigenvalue weighted by molar-refractivity contribution is 5.98. The van der Waals surface area contributed by atoms with E-state index in [4.69, 9.17) is 9.47 Å². The lowest BCUT2D eigenvalue weighted by Gasteiger charge is -2.32. The number of hydrogen-bond acceptors (Lipinski definition) is 4. The summed E-state index contributed by atoms with van der Waals surface area (Å²) in [5, 5.41) is 0. The predicted molar refractivity (Wildman–Crippen MR) is 98.6 cm³/mol. The normalized spacial score (nSPS) is 16.8. The molecule has 1 aliphatic heterocycles. The molecule has 1 heterocycles. The summed E-state index contributed by atoms with van der Waals surface area (Å²) in [6.07, 6.45) is 1.63. The molecule has 1 saturated heterocycles. The van der Waals surface area contributed by atoms with E-state index in [0.717, 1.165) is 12.8 Å². The Morgan fingerprint density at radius 1 is 1.04 bits per heavy atom. The summed E-state index contributed by atoms with van der Waals surface area (Å²) in [6.45, 7) is 1.04. The van der Waals surface area contributed by atoms with Gasteiger partial charge in [0.05, 0.1) is 7.11 Å². The van der Waals surface area contributed by atoms with Crippen molar-refractivity contribution in [2.75, 3.05) is 26.8 Å². The highest BCUT2D eigenvalue weighted by atomic mass is 16.5. The number of benzene rings is 2. The number of carbonyl (C=O) groups excluding carboxylic acids is 2. The van der Waals surface area contributed by atoms with Crippen LogP contribution in [0.5, 0.6) is 11.5 Å². The number of nitrogens with zero attached hydrogens (tertiary/aromatic N) is 1. The van der Waals surface area contributed by atoms with Crippen LogP contribution in [0, 0.1) is 5.92 Å². The van der Waals surface area contributed by atoms with Crippen LogP contribution in [0.15, 0.2) is 54.6 Å². The summed E-state index contributed by atoms with van der Waals surface area (Å²) in [5.74, 6) is 0.977. The van der Waals surface area contributed by atoms with Crippen LogP contribution in [0.4, 0.5) is 0 Å². The minimum Gasteiger partial charge on any atom is -0.493 e. The van der Waals surface area contributed by atoms with Crippen LogP contribution in [0.2, 0.25) is 0 Å². The molecule has 136 valence electrons. The minimum absolute atomic E-state index is 0.0629. The molecule has 0 aromatic heterocycles. The highest BCUT2D eigenvalue weighted by Gasteiger charge is 2.29. The van der Waals surface area contributed by atoms with Crippen molar-refractivity contribution in [1.82, 2.24) is 4.90 Å². The Morgan fingerprint density at radius 2 is 1.73 bits per heavy atom. The number of piperidine rings is 1. The molecule has 5 heteroatoms. The zero-order valence-electron chi connectivity index (χ0n) is 14.9. The maximum atomic E-state index is 12.6. The average molecular weight is 353 g/mol. The Morgan fingerprint density at radius 3 is 2.46 bits per heavy atom. The Balaban J connectivity index is 1.58. The third-order valence-corrected chi connectivity index (χ3v) is 4.62. The number of rotatable bonds is 6. The summed E-state index contributed by atoms with van der Waals surface area (Å²) in [5.41, 5.74) is 0.706. The van der Waals surface area contributed by atoms with E-state index in [0.29, 0.717) is 30.2 Å². The fraction of sp³-hybridized carbons (Fsp3) is 0.333. The van der Waals surface area contributed by atoms with Crippen LogP contribution >= 0.6 is 0 Å². The molecule has 2 aromatic carbocycles. The molecule has 26 heavy (non-hydrogen) atoms. The van der Waals surface area contributed by atoms with Gasteiger partial charge < -0.3 is 14.4 Å². The molecule has 0 radical (unpaired) electrons. The van der Waals surface area contributed by atoms with Gasteiger partial charge in [-0.05, 0) is 25.0 Å². The third-order valence-electron chi connectivity index (χ3n) is 4.62. The first-order valence-electron chi connectivity index (χ1n) is 8.82. The third kappa shape index (κ3) is 4.23. The molecule has 0 spiro atoms. The van der Waals surface area contributed by atoms with Crippen LogP contribution in [0.3, 0.4) is 0 Å². The van der Waals surface area contributed by atoms with Crippen LogP contribution in [0.25, 0.3) is 0 Å². The van der Waals surface area contributed by atoms with E-state index in [1.54, 1.807) is 24.1 Å². The number of ketones is 1. The second kappa shape index (κ2) is 8.52. The second-order valence-electron chi connectivity index (χ2n) is 6.35. The van der Waals surface area contributed by atoms with Gasteiger partial charge in [0.15, 0.2) is 23.9 Å². The molecule has 0 aliphatic carbocycles. The Labute approximate surface area is 153 Å². The topological polar surface area (TPSA) is 55.8 Å². The van der Waals surface area contributed by atoms with Crippen molar-refractivity contribution >= 4 is 11.7 Å². The van der Waals surface area contributed by atoms with Crippen molar-refractivity contribution in [3.8, 4) is 11.5 Å². The smallest absolute Gasteiger partial charge is 0.260 e. The van der Waals surface area contributed by atoms with Gasteiger partial charge in [0.25, 0.3) is 5.91 Å². The summed E-state index contributed by atoms with van der Waals surface area (Å²) >= 11 is 0. The van der Waals surface area contributed by atoms with Crippen molar-refractivity contribution in [3.05, 3.63) is 60.2 Å². The van der Waals surface area contributed by atoms with Gasteiger partial charge in [-0.3, -0.25) is 9.59 Å². The van der Waals surface area contributed by atoms with Crippen molar-refractivity contribution in [2.24, 2.45) is 5.92 Å². The lowest BCUT2D eigenvalue weighted by molar-refractivity contribution is -0.134. The molecule has 1 aliphatic rings. The molecule has 1 fully saturated rings. The van der Waals surface area contributed by atoms with E-state index < -0.39 is 0 Å². The van der Waals surface area contributed by atoms with E-state index in [-0.39, 0.29) is 24.2 Å². The molecule has 0 unspecified atom stereocenters. The van der Waals surface area contributed by atoms with Gasteiger partial charge in [0, 0.05) is 24.6 Å². The van der Waals surface area contributed by atoms with E-state index in [9.17, 15) is 9.59 Å². The zero-order valence-corrected chi connectivity index (χ0v) is 14.9. The summed E-state index contributed by atoms with van der Waals surface area (Å²) in [4.78, 5) is 26.9. The predicted octanol–water partition coefficient (Wildman–Crippen LogP) is 3.20. The molecule has 2 aromatic rings. The van der Waals surface area contributed by atoms with E-state index in [2.05, 4.69) is 0 Å². The molecule has 0 bridgehead atoms. The molecule has 0 saturated carbocycles. The highest BCUT2D eigenvalue weighted by Crippen LogP contribution is 2.26. The second-order valence-corrected chi connectivity index (χ2v) is 6.35. The van der Waals surface area contributed by atoms with Gasteiger partial charge in [-0.2, -0.15) is 0 Å². The molecule has 3 rings (SSSR count). The standard InChI is InChI=1S/C21H23NO4/c1-25-18-11-5-6-12-19(18)26-15-20(23)22-13-7-10-17(14-22)21(24)16-8-3-2-4-9-16/h2-6,8-9,11-12,17H,7,10,13-15H2,1H3/t17-/m0/s1. The number of hydrogen-bond donors (Lipinski definition) is 0. The Kier molecular flexibility index (Phi) is 5.89. The molecule has 1 atom stereocenters. The number of ether oxygens (including phenoxy) is 2. The van der Waals surface area contributed by atoms with Crippen LogP contribution < -0.4 is 9.47 Å². The number of likely N-dealkylation sites (tertiary alicyclic amines) is 1. The van der Waals surface area contributed by atoms with Gasteiger partial charge >= 0.3 is 0 Å². The molecule has 1 amide bonds. The zero-order chi connectivity index (χ0) is 18.4. The van der Waals surface area contributed by atoms with E-state index in [1.165, 1.54) is 0 Å². The van der Waals surface area contributed by atoms with Crippen molar-refractivity contribution in [1.29, 1.82) is 0 Å². The van der Waals surface area contributed by atoms with Gasteiger partial charge in [-0.15, -0.1) is 0 Å². The Hall–Kier alpha value is -2.82. The number of amides is 1. The number of methoxy groups -OCH3 is 1. The van der Waals surface area contributed by atoms with Gasteiger partial charge in [-0.25, -0.2) is 0 Å². The summed E-state index contributed by atoms with van der Waals surface area (Å²) in [7, 11) is 1.56. The fourth-order valence-electron chi connectivity index (χ4n) is 3.22. The first-order valence-corrected chi connectivity index (χ1v) is 8.82. The largest absolute Gasteiger partial charge is 0.493 e. The minimum atomic E-state index is -0.152. The number of carbonyl (C=O) groups is 2. The molecular weight excluding hydrogens is 330 g/mol. The lowest BCUT2D eigenvalue weighted by Crippen LogP contribution is -2.44. The lowest BCUT2D eigenvalue weighted by atomic mass is 9.90. The van der Waals surface area contributed by atoms with Crippen LogP contribution in [0.1, 0.15) is 23.2 Å². The maximum absolute atomic E-state index is 12.6. The van der Waals surface area contributed by atoms with Gasteiger partial charge in [-0.1, -0.05) is 42.5 Å². The summed E-state index contributed by atoms with van der Waals surface area (Å²) < 4.78 is 10.8. The van der Waals surface area contributed by atoms with Crippen LogP contribution in [-0.4, -0.2) is 43.4 Å². The van der Waals surface area contributed by atoms with E-state index >= 15 is 0 Å². The van der Waals surface area contributed by atoms with E-state index in [1.807, 2.05) is 42.5 Å². The molecule has 5 nitrogen and oxygen atoms in total. The maximum Gasteiger partial charge on any atom is 0.260 e. The first-order chi connectivity index (χ1) is 12.7. The van der Waals surface area contributed by atoms with Gasteiger partial charge in [0.2, 0.25) is 0 Å². The average Bonchev–Trinajstić information content (AvgIpc) is 2.72. The number of Topliss-reactive ketones (excluding diaryl/α,β-unsaturated/α-hetero) is 1. The van der Waals surface area contributed by atoms with Crippen molar-refractivity contribution in [3.63, 3.8) is 0 Å². The summed E-state index contributed by atoms with van der Waals surface area (Å²) in [6, 6.07) is 16.5. The molecular formula is C21H23NO4. The fourth-order valence-corrected chi connectivity index (χ4v) is 3.22. The van der Waals surface area contributed by atoms with Gasteiger partial charge in [0.1, 0.15) is 0 Å². The Bertz CT molecular complexity index is 760. The number of para-hydroxylation sites is 2.